The topological polar surface area (TPSA) is 82.8 Å². The van der Waals surface area contributed by atoms with Crippen molar-refractivity contribution in [1.82, 2.24) is 4.98 Å². The summed E-state index contributed by atoms with van der Waals surface area (Å²) in [5.41, 5.74) is 0.214. The fourth-order valence-corrected chi connectivity index (χ4v) is 2.93. The zero-order chi connectivity index (χ0) is 13.9. The molecule has 2 rings (SSSR count). The second-order valence-corrected chi connectivity index (χ2v) is 5.64. The first-order valence-electron chi connectivity index (χ1n) is 5.16. The molecular weight excluding hydrogens is 286 g/mol. The third-order valence-electron chi connectivity index (χ3n) is 2.25. The van der Waals surface area contributed by atoms with Gasteiger partial charge in [0.25, 0.3) is 10.0 Å². The predicted octanol–water partition coefficient (Wildman–Crippen LogP) is 2.41. The van der Waals surface area contributed by atoms with Crippen molar-refractivity contribution >= 4 is 27.4 Å². The van der Waals surface area contributed by atoms with Crippen LogP contribution in [-0.4, -0.2) is 13.4 Å². The van der Waals surface area contributed by atoms with Gasteiger partial charge < -0.3 is 0 Å². The molecular formula is C12H8ClN3O2S. The summed E-state index contributed by atoms with van der Waals surface area (Å²) >= 11 is 5.85. The molecule has 0 aliphatic rings. The zero-order valence-corrected chi connectivity index (χ0v) is 11.1. The highest BCUT2D eigenvalue weighted by Gasteiger charge is 2.19. The summed E-state index contributed by atoms with van der Waals surface area (Å²) in [6.45, 7) is 0. The van der Waals surface area contributed by atoms with Crippen LogP contribution >= 0.6 is 11.6 Å². The molecule has 0 unspecified atom stereocenters. The van der Waals surface area contributed by atoms with Gasteiger partial charge in [-0.2, -0.15) is 5.26 Å². The molecule has 19 heavy (non-hydrogen) atoms. The van der Waals surface area contributed by atoms with Gasteiger partial charge in [-0.25, -0.2) is 13.4 Å². The van der Waals surface area contributed by atoms with E-state index in [0.29, 0.717) is 0 Å². The van der Waals surface area contributed by atoms with Crippen LogP contribution in [0, 0.1) is 11.3 Å². The number of aromatic nitrogens is 1. The molecule has 0 saturated heterocycles. The number of sulfonamides is 1. The summed E-state index contributed by atoms with van der Waals surface area (Å²) in [7, 11) is -3.87. The first-order chi connectivity index (χ1) is 9.03. The molecule has 96 valence electrons. The van der Waals surface area contributed by atoms with Gasteiger partial charge in [0.05, 0.1) is 16.7 Å². The number of nitrogens with one attached hydrogen (secondary N) is 1. The van der Waals surface area contributed by atoms with Gasteiger partial charge in [0.1, 0.15) is 10.7 Å². The Kier molecular flexibility index (Phi) is 3.69. The van der Waals surface area contributed by atoms with Crippen LogP contribution in [0.2, 0.25) is 5.02 Å². The maximum Gasteiger partial charge on any atom is 0.264 e. The Labute approximate surface area is 115 Å². The van der Waals surface area contributed by atoms with Crippen LogP contribution in [0.25, 0.3) is 0 Å². The standard InChI is InChI=1S/C12H8ClN3O2S/c13-10-5-4-9(8-14)7-11(10)19(17,18)16-12-3-1-2-6-15-12/h1-7H,(H,15,16). The summed E-state index contributed by atoms with van der Waals surface area (Å²) in [4.78, 5) is 3.71. The Morgan fingerprint density at radius 3 is 2.68 bits per heavy atom. The first kappa shape index (κ1) is 13.3. The molecule has 0 aliphatic carbocycles. The van der Waals surface area contributed by atoms with Gasteiger partial charge in [-0.3, -0.25) is 4.72 Å². The summed E-state index contributed by atoms with van der Waals surface area (Å²) in [6, 6.07) is 10.7. The van der Waals surface area contributed by atoms with E-state index in [9.17, 15) is 8.42 Å². The molecule has 0 saturated carbocycles. The number of hydrogen-bond acceptors (Lipinski definition) is 4. The van der Waals surface area contributed by atoms with E-state index in [1.807, 2.05) is 6.07 Å². The van der Waals surface area contributed by atoms with Gasteiger partial charge in [0.15, 0.2) is 0 Å². The van der Waals surface area contributed by atoms with E-state index in [4.69, 9.17) is 16.9 Å². The van der Waals surface area contributed by atoms with Gasteiger partial charge in [-0.15, -0.1) is 0 Å². The number of pyridine rings is 1. The van der Waals surface area contributed by atoms with Crippen molar-refractivity contribution in [2.75, 3.05) is 4.72 Å². The second-order valence-electron chi connectivity index (χ2n) is 3.58. The molecule has 1 N–H and O–H groups in total. The van der Waals surface area contributed by atoms with Gasteiger partial charge in [-0.1, -0.05) is 17.7 Å². The number of rotatable bonds is 3. The van der Waals surface area contributed by atoms with E-state index in [0.717, 1.165) is 0 Å². The highest BCUT2D eigenvalue weighted by Crippen LogP contribution is 2.24. The highest BCUT2D eigenvalue weighted by molar-refractivity contribution is 7.92. The van der Waals surface area contributed by atoms with E-state index in [-0.39, 0.29) is 21.3 Å². The van der Waals surface area contributed by atoms with Crippen LogP contribution in [0.15, 0.2) is 47.5 Å². The number of nitrogens with zero attached hydrogens (tertiary/aromatic N) is 2. The lowest BCUT2D eigenvalue weighted by Crippen LogP contribution is -2.14. The van der Waals surface area contributed by atoms with Crippen molar-refractivity contribution in [2.45, 2.75) is 4.90 Å². The monoisotopic (exact) mass is 293 g/mol. The Morgan fingerprint density at radius 2 is 2.05 bits per heavy atom. The first-order valence-corrected chi connectivity index (χ1v) is 7.02. The van der Waals surface area contributed by atoms with Gasteiger partial charge in [0, 0.05) is 6.20 Å². The highest BCUT2D eigenvalue weighted by atomic mass is 35.5. The summed E-state index contributed by atoms with van der Waals surface area (Å²) < 4.78 is 26.6. The smallest absolute Gasteiger partial charge is 0.263 e. The molecule has 0 radical (unpaired) electrons. The molecule has 0 aliphatic heterocycles. The Morgan fingerprint density at radius 1 is 1.26 bits per heavy atom. The lowest BCUT2D eigenvalue weighted by molar-refractivity contribution is 0.601. The minimum Gasteiger partial charge on any atom is -0.263 e. The van der Waals surface area contributed by atoms with Crippen LogP contribution in [0.4, 0.5) is 5.82 Å². The third kappa shape index (κ3) is 3.02. The third-order valence-corrected chi connectivity index (χ3v) is 4.09. The van der Waals surface area contributed by atoms with Crippen molar-refractivity contribution in [3.05, 3.63) is 53.2 Å². The fraction of sp³-hybridized carbons (Fsp3) is 0. The van der Waals surface area contributed by atoms with Gasteiger partial charge >= 0.3 is 0 Å². The summed E-state index contributed by atoms with van der Waals surface area (Å²) in [5.74, 6) is 0.181. The molecule has 0 spiro atoms. The van der Waals surface area contributed by atoms with Crippen molar-refractivity contribution in [2.24, 2.45) is 0 Å². The Balaban J connectivity index is 2.43. The number of nitriles is 1. The lowest BCUT2D eigenvalue weighted by Gasteiger charge is -2.08. The molecule has 1 heterocycles. The molecule has 7 heteroatoms. The number of anilines is 1. The molecule has 1 aromatic heterocycles. The van der Waals surface area contributed by atoms with Crippen LogP contribution in [0.5, 0.6) is 0 Å². The van der Waals surface area contributed by atoms with Gasteiger partial charge in [-0.05, 0) is 30.3 Å². The van der Waals surface area contributed by atoms with Crippen LogP contribution in [0.1, 0.15) is 5.56 Å². The number of hydrogen-bond donors (Lipinski definition) is 1. The van der Waals surface area contributed by atoms with Gasteiger partial charge in [0.2, 0.25) is 0 Å². The molecule has 0 bridgehead atoms. The molecule has 0 atom stereocenters. The maximum absolute atomic E-state index is 12.1. The Bertz CT molecular complexity index is 739. The van der Waals surface area contributed by atoms with E-state index in [2.05, 4.69) is 9.71 Å². The average molecular weight is 294 g/mol. The number of halogens is 1. The average Bonchev–Trinajstić information content (AvgIpc) is 2.39. The van der Waals surface area contributed by atoms with Crippen molar-refractivity contribution < 1.29 is 8.42 Å². The van der Waals surface area contributed by atoms with Crippen molar-refractivity contribution in [3.63, 3.8) is 0 Å². The predicted molar refractivity (Wildman–Crippen MR) is 71.2 cm³/mol. The quantitative estimate of drug-likeness (QED) is 0.942. The Hall–Kier alpha value is -2.10. The van der Waals surface area contributed by atoms with Crippen molar-refractivity contribution in [1.29, 1.82) is 5.26 Å². The molecule has 2 aromatic rings. The largest absolute Gasteiger partial charge is 0.264 e. The van der Waals surface area contributed by atoms with Crippen LogP contribution in [0.3, 0.4) is 0 Å². The van der Waals surface area contributed by atoms with Crippen LogP contribution in [-0.2, 0) is 10.0 Å². The summed E-state index contributed by atoms with van der Waals surface area (Å²) in [6.07, 6.45) is 1.46. The minimum absolute atomic E-state index is 0.0439. The molecule has 0 fully saturated rings. The van der Waals surface area contributed by atoms with E-state index < -0.39 is 10.0 Å². The van der Waals surface area contributed by atoms with Crippen LogP contribution < -0.4 is 4.72 Å². The molecule has 0 amide bonds. The van der Waals surface area contributed by atoms with E-state index in [1.54, 1.807) is 12.1 Å². The zero-order valence-electron chi connectivity index (χ0n) is 9.54. The van der Waals surface area contributed by atoms with Crippen molar-refractivity contribution in [3.8, 4) is 6.07 Å². The summed E-state index contributed by atoms with van der Waals surface area (Å²) in [5, 5.41) is 8.83. The maximum atomic E-state index is 12.1. The number of benzene rings is 1. The normalized spacial score (nSPS) is 10.7. The molecule has 1 aromatic carbocycles. The second kappa shape index (κ2) is 5.26. The molecule has 5 nitrogen and oxygen atoms in total. The minimum atomic E-state index is -3.87. The fourth-order valence-electron chi connectivity index (χ4n) is 1.39. The lowest BCUT2D eigenvalue weighted by atomic mass is 10.2. The SMILES string of the molecule is N#Cc1ccc(Cl)c(S(=O)(=O)Nc2ccccn2)c1. The van der Waals surface area contributed by atoms with E-state index >= 15 is 0 Å². The van der Waals surface area contributed by atoms with E-state index in [1.165, 1.54) is 30.5 Å².